The van der Waals surface area contributed by atoms with Crippen LogP contribution in [0.2, 0.25) is 0 Å². The Bertz CT molecular complexity index is 462. The summed E-state index contributed by atoms with van der Waals surface area (Å²) in [4.78, 5) is 8.53. The predicted octanol–water partition coefficient (Wildman–Crippen LogP) is 1.56. The number of hydrogen-bond donors (Lipinski definition) is 1. The Balaban J connectivity index is 1.87. The Morgan fingerprint density at radius 1 is 1.38 bits per heavy atom. The van der Waals surface area contributed by atoms with E-state index in [9.17, 15) is 0 Å². The number of pyridine rings is 1. The fourth-order valence-corrected chi connectivity index (χ4v) is 1.87. The van der Waals surface area contributed by atoms with Crippen molar-refractivity contribution in [2.45, 2.75) is 18.9 Å². The summed E-state index contributed by atoms with van der Waals surface area (Å²) in [6, 6.07) is 5.86. The zero-order valence-electron chi connectivity index (χ0n) is 8.76. The van der Waals surface area contributed by atoms with Gasteiger partial charge in [0, 0.05) is 6.20 Å². The Labute approximate surface area is 92.9 Å². The van der Waals surface area contributed by atoms with E-state index in [1.807, 2.05) is 18.2 Å². The molecule has 0 saturated carbocycles. The van der Waals surface area contributed by atoms with Gasteiger partial charge >= 0.3 is 0 Å². The highest BCUT2D eigenvalue weighted by Gasteiger charge is 2.22. The molecule has 0 amide bonds. The van der Waals surface area contributed by atoms with E-state index in [2.05, 4.69) is 20.4 Å². The maximum absolute atomic E-state index is 5.20. The van der Waals surface area contributed by atoms with Gasteiger partial charge < -0.3 is 9.84 Å². The molecule has 1 aliphatic rings. The lowest BCUT2D eigenvalue weighted by atomic mass is 10.2. The summed E-state index contributed by atoms with van der Waals surface area (Å²) in [5, 5.41) is 7.32. The lowest BCUT2D eigenvalue weighted by Crippen LogP contribution is -2.14. The summed E-state index contributed by atoms with van der Waals surface area (Å²) >= 11 is 0. The molecule has 1 aliphatic heterocycles. The molecule has 3 rings (SSSR count). The first-order chi connectivity index (χ1) is 7.93. The van der Waals surface area contributed by atoms with Crippen LogP contribution in [0.15, 0.2) is 28.9 Å². The van der Waals surface area contributed by atoms with Crippen LogP contribution in [0.4, 0.5) is 0 Å². The van der Waals surface area contributed by atoms with Crippen LogP contribution < -0.4 is 5.32 Å². The molecule has 2 aromatic heterocycles. The quantitative estimate of drug-likeness (QED) is 0.825. The van der Waals surface area contributed by atoms with Gasteiger partial charge in [-0.15, -0.1) is 0 Å². The van der Waals surface area contributed by atoms with Crippen molar-refractivity contribution in [1.82, 2.24) is 20.4 Å². The van der Waals surface area contributed by atoms with Crippen LogP contribution in [-0.4, -0.2) is 21.7 Å². The van der Waals surface area contributed by atoms with E-state index in [1.165, 1.54) is 0 Å². The molecule has 1 N–H and O–H groups in total. The van der Waals surface area contributed by atoms with Gasteiger partial charge in [0.15, 0.2) is 5.82 Å². The van der Waals surface area contributed by atoms with Crippen molar-refractivity contribution in [2.24, 2.45) is 0 Å². The number of nitrogens with one attached hydrogen (secondary N) is 1. The summed E-state index contributed by atoms with van der Waals surface area (Å²) in [6.45, 7) is 1.03. The van der Waals surface area contributed by atoms with Crippen molar-refractivity contribution < 1.29 is 4.52 Å². The van der Waals surface area contributed by atoms with Gasteiger partial charge in [-0.25, -0.2) is 0 Å². The minimum absolute atomic E-state index is 0.237. The molecule has 5 nitrogen and oxygen atoms in total. The molecule has 0 aliphatic carbocycles. The highest BCUT2D eigenvalue weighted by molar-refractivity contribution is 5.45. The van der Waals surface area contributed by atoms with E-state index >= 15 is 0 Å². The zero-order valence-corrected chi connectivity index (χ0v) is 8.76. The van der Waals surface area contributed by atoms with Gasteiger partial charge in [0.2, 0.25) is 0 Å². The van der Waals surface area contributed by atoms with Gasteiger partial charge in [-0.3, -0.25) is 4.98 Å². The van der Waals surface area contributed by atoms with Crippen molar-refractivity contribution in [2.75, 3.05) is 6.54 Å². The first-order valence-electron chi connectivity index (χ1n) is 5.42. The third-order valence-corrected chi connectivity index (χ3v) is 2.70. The molecule has 0 spiro atoms. The molecule has 0 radical (unpaired) electrons. The molecular formula is C11H12N4O. The lowest BCUT2D eigenvalue weighted by Gasteiger charge is -2.01. The molecule has 16 heavy (non-hydrogen) atoms. The van der Waals surface area contributed by atoms with E-state index in [-0.39, 0.29) is 6.04 Å². The van der Waals surface area contributed by atoms with E-state index in [1.54, 1.807) is 6.20 Å². The largest absolute Gasteiger partial charge is 0.332 e. The standard InChI is InChI=1S/C11H12N4O/c1-2-6-13-9(4-1)11-14-10(15-16-11)8-5-3-7-12-8/h1-2,4,6,8,12H,3,5,7H2. The minimum atomic E-state index is 0.237. The van der Waals surface area contributed by atoms with Crippen molar-refractivity contribution in [3.63, 3.8) is 0 Å². The first-order valence-corrected chi connectivity index (χ1v) is 5.42. The Kier molecular flexibility index (Phi) is 2.38. The Morgan fingerprint density at radius 3 is 3.12 bits per heavy atom. The topological polar surface area (TPSA) is 63.8 Å². The van der Waals surface area contributed by atoms with Crippen molar-refractivity contribution >= 4 is 0 Å². The van der Waals surface area contributed by atoms with Crippen LogP contribution in [0.1, 0.15) is 24.7 Å². The second kappa shape index (κ2) is 4.02. The van der Waals surface area contributed by atoms with E-state index in [0.29, 0.717) is 5.89 Å². The summed E-state index contributed by atoms with van der Waals surface area (Å²) in [6.07, 6.45) is 3.95. The molecule has 1 fully saturated rings. The average Bonchev–Trinajstić information content (AvgIpc) is 3.01. The van der Waals surface area contributed by atoms with Gasteiger partial charge in [-0.1, -0.05) is 11.2 Å². The van der Waals surface area contributed by atoms with Gasteiger partial charge in [-0.05, 0) is 31.5 Å². The molecule has 1 saturated heterocycles. The van der Waals surface area contributed by atoms with Gasteiger partial charge in [0.1, 0.15) is 5.69 Å². The summed E-state index contributed by atoms with van der Waals surface area (Å²) in [5.41, 5.74) is 0.722. The fourth-order valence-electron chi connectivity index (χ4n) is 1.87. The normalized spacial score (nSPS) is 20.1. The van der Waals surface area contributed by atoms with Crippen LogP contribution in [0.3, 0.4) is 0 Å². The highest BCUT2D eigenvalue weighted by atomic mass is 16.5. The number of hydrogen-bond acceptors (Lipinski definition) is 5. The number of rotatable bonds is 2. The van der Waals surface area contributed by atoms with Gasteiger partial charge in [-0.2, -0.15) is 4.98 Å². The van der Waals surface area contributed by atoms with E-state index in [4.69, 9.17) is 4.52 Å². The Hall–Kier alpha value is -1.75. The maximum atomic E-state index is 5.20. The van der Waals surface area contributed by atoms with Gasteiger partial charge in [0.05, 0.1) is 6.04 Å². The summed E-state index contributed by atoms with van der Waals surface area (Å²) in [5.74, 6) is 1.22. The first kappa shape index (κ1) is 9.47. The highest BCUT2D eigenvalue weighted by Crippen LogP contribution is 2.22. The number of aromatic nitrogens is 3. The predicted molar refractivity (Wildman–Crippen MR) is 57.5 cm³/mol. The average molecular weight is 216 g/mol. The molecular weight excluding hydrogens is 204 g/mol. The monoisotopic (exact) mass is 216 g/mol. The van der Waals surface area contributed by atoms with Crippen molar-refractivity contribution in [3.05, 3.63) is 30.2 Å². The second-order valence-corrected chi connectivity index (χ2v) is 3.82. The Morgan fingerprint density at radius 2 is 2.38 bits per heavy atom. The van der Waals surface area contributed by atoms with Crippen molar-refractivity contribution in [3.8, 4) is 11.6 Å². The lowest BCUT2D eigenvalue weighted by molar-refractivity contribution is 0.411. The molecule has 0 aromatic carbocycles. The maximum Gasteiger partial charge on any atom is 0.276 e. The third-order valence-electron chi connectivity index (χ3n) is 2.70. The van der Waals surface area contributed by atoms with E-state index < -0.39 is 0 Å². The van der Waals surface area contributed by atoms with Crippen LogP contribution in [0.25, 0.3) is 11.6 Å². The number of nitrogens with zero attached hydrogens (tertiary/aromatic N) is 3. The molecule has 1 atom stereocenters. The third kappa shape index (κ3) is 1.69. The van der Waals surface area contributed by atoms with E-state index in [0.717, 1.165) is 30.9 Å². The smallest absolute Gasteiger partial charge is 0.276 e. The minimum Gasteiger partial charge on any atom is -0.332 e. The zero-order chi connectivity index (χ0) is 10.8. The van der Waals surface area contributed by atoms with Crippen molar-refractivity contribution in [1.29, 1.82) is 0 Å². The SMILES string of the molecule is c1ccc(-c2nc(C3CCCN3)no2)nc1. The van der Waals surface area contributed by atoms with Gasteiger partial charge in [0.25, 0.3) is 5.89 Å². The molecule has 82 valence electrons. The summed E-state index contributed by atoms with van der Waals surface area (Å²) < 4.78 is 5.20. The molecule has 5 heteroatoms. The summed E-state index contributed by atoms with van der Waals surface area (Å²) in [7, 11) is 0. The van der Waals surface area contributed by atoms with Crippen LogP contribution >= 0.6 is 0 Å². The van der Waals surface area contributed by atoms with Crippen LogP contribution in [0.5, 0.6) is 0 Å². The van der Waals surface area contributed by atoms with Crippen LogP contribution in [0, 0.1) is 0 Å². The molecule has 3 heterocycles. The molecule has 0 bridgehead atoms. The fraction of sp³-hybridized carbons (Fsp3) is 0.364. The molecule has 2 aromatic rings. The molecule has 1 unspecified atom stereocenters. The van der Waals surface area contributed by atoms with Crippen LogP contribution in [-0.2, 0) is 0 Å². The second-order valence-electron chi connectivity index (χ2n) is 3.82.